The van der Waals surface area contributed by atoms with Crippen LogP contribution >= 0.6 is 11.8 Å². The molecule has 0 saturated heterocycles. The van der Waals surface area contributed by atoms with Crippen LogP contribution in [0.2, 0.25) is 0 Å². The monoisotopic (exact) mass is 278 g/mol. The molecular formula is C12H10N2O2S2. The summed E-state index contributed by atoms with van der Waals surface area (Å²) in [7, 11) is -3.71. The molecule has 0 aromatic heterocycles. The number of nitrogens with one attached hydrogen (secondary N) is 1. The highest BCUT2D eigenvalue weighted by molar-refractivity contribution is 8.00. The largest absolute Gasteiger partial charge is 0.354 e. The van der Waals surface area contributed by atoms with Gasteiger partial charge in [0.25, 0.3) is 0 Å². The number of benzene rings is 2. The fourth-order valence-electron chi connectivity index (χ4n) is 1.86. The van der Waals surface area contributed by atoms with Crippen LogP contribution in [0.3, 0.4) is 0 Å². The van der Waals surface area contributed by atoms with Gasteiger partial charge in [0.15, 0.2) is 0 Å². The highest BCUT2D eigenvalue weighted by Gasteiger charge is 2.22. The average Bonchev–Trinajstić information content (AvgIpc) is 2.34. The van der Waals surface area contributed by atoms with Gasteiger partial charge < -0.3 is 5.32 Å². The minimum absolute atomic E-state index is 0.159. The lowest BCUT2D eigenvalue weighted by atomic mass is 10.2. The fourth-order valence-corrected chi connectivity index (χ4v) is 3.96. The SMILES string of the molecule is NS(=O)(=O)c1cccc2c1Sc1ccccc1N2. The third-order valence-electron chi connectivity index (χ3n) is 2.65. The van der Waals surface area contributed by atoms with Crippen LogP contribution in [0.25, 0.3) is 0 Å². The topological polar surface area (TPSA) is 72.2 Å². The van der Waals surface area contributed by atoms with Crippen LogP contribution < -0.4 is 10.5 Å². The molecule has 0 fully saturated rings. The van der Waals surface area contributed by atoms with Crippen molar-refractivity contribution in [2.24, 2.45) is 5.14 Å². The van der Waals surface area contributed by atoms with E-state index in [0.717, 1.165) is 16.3 Å². The smallest absolute Gasteiger partial charge is 0.239 e. The van der Waals surface area contributed by atoms with Gasteiger partial charge in [-0.3, -0.25) is 0 Å². The van der Waals surface area contributed by atoms with Crippen molar-refractivity contribution in [3.8, 4) is 0 Å². The van der Waals surface area contributed by atoms with Gasteiger partial charge >= 0.3 is 0 Å². The van der Waals surface area contributed by atoms with E-state index in [1.165, 1.54) is 17.8 Å². The van der Waals surface area contributed by atoms with Crippen molar-refractivity contribution in [1.29, 1.82) is 0 Å². The lowest BCUT2D eigenvalue weighted by molar-refractivity contribution is 0.596. The van der Waals surface area contributed by atoms with Crippen molar-refractivity contribution in [3.63, 3.8) is 0 Å². The molecule has 3 rings (SSSR count). The molecule has 18 heavy (non-hydrogen) atoms. The Kier molecular flexibility index (Phi) is 2.58. The van der Waals surface area contributed by atoms with E-state index in [9.17, 15) is 8.42 Å². The van der Waals surface area contributed by atoms with E-state index in [1.54, 1.807) is 6.07 Å². The number of primary sulfonamides is 1. The zero-order valence-corrected chi connectivity index (χ0v) is 10.9. The molecule has 0 radical (unpaired) electrons. The second-order valence-electron chi connectivity index (χ2n) is 3.90. The molecule has 0 aliphatic carbocycles. The molecule has 2 aromatic carbocycles. The zero-order chi connectivity index (χ0) is 12.8. The Bertz CT molecular complexity index is 727. The van der Waals surface area contributed by atoms with Gasteiger partial charge in [-0.15, -0.1) is 0 Å². The van der Waals surface area contributed by atoms with Crippen molar-refractivity contribution in [1.82, 2.24) is 0 Å². The summed E-state index contributed by atoms with van der Waals surface area (Å²) in [6.07, 6.45) is 0. The van der Waals surface area contributed by atoms with Crippen LogP contribution in [0.5, 0.6) is 0 Å². The molecule has 1 aliphatic rings. The van der Waals surface area contributed by atoms with Crippen molar-refractivity contribution in [3.05, 3.63) is 42.5 Å². The van der Waals surface area contributed by atoms with E-state index in [2.05, 4.69) is 5.32 Å². The molecule has 4 nitrogen and oxygen atoms in total. The number of rotatable bonds is 1. The second kappa shape index (κ2) is 4.01. The molecule has 0 unspecified atom stereocenters. The Balaban J connectivity index is 2.20. The number of anilines is 2. The van der Waals surface area contributed by atoms with E-state index < -0.39 is 10.0 Å². The minimum atomic E-state index is -3.71. The molecular weight excluding hydrogens is 268 g/mol. The molecule has 0 bridgehead atoms. The van der Waals surface area contributed by atoms with Crippen LogP contribution in [0.1, 0.15) is 0 Å². The van der Waals surface area contributed by atoms with E-state index in [0.29, 0.717) is 4.90 Å². The number of para-hydroxylation sites is 1. The van der Waals surface area contributed by atoms with Crippen LogP contribution in [0.15, 0.2) is 57.2 Å². The Hall–Kier alpha value is -1.50. The molecule has 3 N–H and O–H groups in total. The van der Waals surface area contributed by atoms with Crippen molar-refractivity contribution in [2.75, 3.05) is 5.32 Å². The highest BCUT2D eigenvalue weighted by atomic mass is 32.2. The van der Waals surface area contributed by atoms with E-state index >= 15 is 0 Å². The first-order valence-corrected chi connectivity index (χ1v) is 7.62. The van der Waals surface area contributed by atoms with Gasteiger partial charge in [0.05, 0.1) is 21.2 Å². The number of fused-ring (bicyclic) bond motifs is 2. The molecule has 1 heterocycles. The molecule has 0 atom stereocenters. The van der Waals surface area contributed by atoms with E-state index in [1.807, 2.05) is 30.3 Å². The lowest BCUT2D eigenvalue weighted by Gasteiger charge is -2.22. The van der Waals surface area contributed by atoms with Gasteiger partial charge in [-0.25, -0.2) is 13.6 Å². The standard InChI is InChI=1S/C12H10N2O2S2/c13-18(15,16)11-7-3-5-9-12(11)17-10-6-2-1-4-8(10)14-9/h1-7,14H,(H2,13,15,16). The summed E-state index contributed by atoms with van der Waals surface area (Å²) in [5.41, 5.74) is 1.74. The predicted octanol–water partition coefficient (Wildman–Crippen LogP) is 2.54. The molecule has 0 saturated carbocycles. The summed E-state index contributed by atoms with van der Waals surface area (Å²) in [6.45, 7) is 0. The summed E-state index contributed by atoms with van der Waals surface area (Å²) < 4.78 is 23.1. The van der Waals surface area contributed by atoms with Gasteiger partial charge in [-0.2, -0.15) is 0 Å². The van der Waals surface area contributed by atoms with Gasteiger partial charge in [0.2, 0.25) is 10.0 Å². The minimum Gasteiger partial charge on any atom is -0.354 e. The van der Waals surface area contributed by atoms with Gasteiger partial charge in [0.1, 0.15) is 0 Å². The number of nitrogens with two attached hydrogens (primary N) is 1. The third kappa shape index (κ3) is 1.88. The molecule has 0 amide bonds. The Morgan fingerprint density at radius 1 is 1.00 bits per heavy atom. The first kappa shape index (κ1) is 11.6. The highest BCUT2D eigenvalue weighted by Crippen LogP contribution is 2.46. The molecule has 92 valence electrons. The third-order valence-corrected chi connectivity index (χ3v) is 4.96. The Morgan fingerprint density at radius 2 is 1.72 bits per heavy atom. The normalized spacial score (nSPS) is 13.4. The van der Waals surface area contributed by atoms with Crippen molar-refractivity contribution >= 4 is 33.2 Å². The van der Waals surface area contributed by atoms with Crippen LogP contribution in [0.4, 0.5) is 11.4 Å². The van der Waals surface area contributed by atoms with Crippen LogP contribution in [0, 0.1) is 0 Å². The lowest BCUT2D eigenvalue weighted by Crippen LogP contribution is -2.14. The molecule has 6 heteroatoms. The number of sulfonamides is 1. The average molecular weight is 278 g/mol. The summed E-state index contributed by atoms with van der Waals surface area (Å²) in [6, 6.07) is 12.8. The first-order valence-electron chi connectivity index (χ1n) is 5.25. The second-order valence-corrected chi connectivity index (χ2v) is 6.48. The summed E-state index contributed by atoms with van der Waals surface area (Å²) in [5, 5.41) is 8.44. The molecule has 2 aromatic rings. The zero-order valence-electron chi connectivity index (χ0n) is 9.25. The van der Waals surface area contributed by atoms with Crippen molar-refractivity contribution in [2.45, 2.75) is 14.7 Å². The van der Waals surface area contributed by atoms with Gasteiger partial charge in [-0.05, 0) is 24.3 Å². The van der Waals surface area contributed by atoms with Crippen LogP contribution in [-0.4, -0.2) is 8.42 Å². The molecule has 1 aliphatic heterocycles. The Labute approximate surface area is 109 Å². The van der Waals surface area contributed by atoms with Gasteiger partial charge in [0, 0.05) is 4.90 Å². The Morgan fingerprint density at radius 3 is 2.50 bits per heavy atom. The van der Waals surface area contributed by atoms with Crippen molar-refractivity contribution < 1.29 is 8.42 Å². The van der Waals surface area contributed by atoms with E-state index in [4.69, 9.17) is 5.14 Å². The maximum Gasteiger partial charge on any atom is 0.239 e. The summed E-state index contributed by atoms with van der Waals surface area (Å²) in [4.78, 5) is 1.80. The van der Waals surface area contributed by atoms with Gasteiger partial charge in [-0.1, -0.05) is 30.0 Å². The predicted molar refractivity (Wildman–Crippen MR) is 71.7 cm³/mol. The quantitative estimate of drug-likeness (QED) is 0.717. The summed E-state index contributed by atoms with van der Waals surface area (Å²) in [5.74, 6) is 0. The maximum atomic E-state index is 11.6. The fraction of sp³-hybridized carbons (Fsp3) is 0. The number of hydrogen-bond donors (Lipinski definition) is 2. The first-order chi connectivity index (χ1) is 8.55. The molecule has 0 spiro atoms. The van der Waals surface area contributed by atoms with E-state index in [-0.39, 0.29) is 4.90 Å². The van der Waals surface area contributed by atoms with Crippen LogP contribution in [-0.2, 0) is 10.0 Å². The number of hydrogen-bond acceptors (Lipinski definition) is 4. The summed E-state index contributed by atoms with van der Waals surface area (Å²) >= 11 is 1.41. The maximum absolute atomic E-state index is 11.6.